The Hall–Kier alpha value is -3.15. The maximum Gasteiger partial charge on any atom is 0.259 e. The van der Waals surface area contributed by atoms with E-state index in [1.54, 1.807) is 6.07 Å². The monoisotopic (exact) mass is 457 g/mol. The van der Waals surface area contributed by atoms with Gasteiger partial charge in [-0.25, -0.2) is 0 Å². The van der Waals surface area contributed by atoms with Gasteiger partial charge in [0.2, 0.25) is 0 Å². The summed E-state index contributed by atoms with van der Waals surface area (Å²) in [7, 11) is 2.02. The molecule has 0 spiro atoms. The fourth-order valence-electron chi connectivity index (χ4n) is 5.53. The molecule has 3 heterocycles. The summed E-state index contributed by atoms with van der Waals surface area (Å²) >= 11 is 6.50. The highest BCUT2D eigenvalue weighted by Crippen LogP contribution is 2.41. The molecule has 0 atom stereocenters. The van der Waals surface area contributed by atoms with Crippen LogP contribution in [0.25, 0.3) is 32.9 Å². The molecule has 0 saturated carbocycles. The lowest BCUT2D eigenvalue weighted by Gasteiger charge is -2.22. The molecule has 6 heteroatoms. The molecular weight excluding hydrogens is 434 g/mol. The van der Waals surface area contributed by atoms with Gasteiger partial charge in [-0.05, 0) is 67.6 Å². The maximum atomic E-state index is 13.0. The number of nitrogens with zero attached hydrogens (tertiary/aromatic N) is 1. The lowest BCUT2D eigenvalue weighted by molar-refractivity contribution is 0.0880. The quantitative estimate of drug-likeness (QED) is 0.422. The minimum absolute atomic E-state index is 0.347. The second kappa shape index (κ2) is 7.72. The summed E-state index contributed by atoms with van der Waals surface area (Å²) in [5.74, 6) is -0.0237. The fraction of sp³-hybridized carbons (Fsp3) is 0.259. The van der Waals surface area contributed by atoms with Gasteiger partial charge in [-0.3, -0.25) is 14.9 Å². The van der Waals surface area contributed by atoms with Gasteiger partial charge in [0.05, 0.1) is 16.6 Å². The molecular formula is C27H24ClN3O2. The van der Waals surface area contributed by atoms with E-state index in [1.807, 2.05) is 31.3 Å². The van der Waals surface area contributed by atoms with E-state index in [0.717, 1.165) is 46.9 Å². The molecule has 2 N–H and O–H groups in total. The first-order valence-corrected chi connectivity index (χ1v) is 11.8. The third kappa shape index (κ3) is 3.18. The van der Waals surface area contributed by atoms with Crippen LogP contribution in [0.1, 0.15) is 39.1 Å². The summed E-state index contributed by atoms with van der Waals surface area (Å²) in [6, 6.07) is 16.0. The Balaban J connectivity index is 1.60. The van der Waals surface area contributed by atoms with Crippen molar-refractivity contribution in [2.24, 2.45) is 13.0 Å². The van der Waals surface area contributed by atoms with Crippen LogP contribution in [0.3, 0.4) is 0 Å². The zero-order valence-corrected chi connectivity index (χ0v) is 19.1. The second-order valence-electron chi connectivity index (χ2n) is 9.14. The van der Waals surface area contributed by atoms with Gasteiger partial charge in [-0.2, -0.15) is 0 Å². The Morgan fingerprint density at radius 2 is 1.70 bits per heavy atom. The summed E-state index contributed by atoms with van der Waals surface area (Å²) in [6.07, 6.45) is 3.45. The van der Waals surface area contributed by atoms with E-state index < -0.39 is 0 Å². The van der Waals surface area contributed by atoms with E-state index in [1.165, 1.54) is 18.4 Å². The van der Waals surface area contributed by atoms with Gasteiger partial charge < -0.3 is 9.88 Å². The van der Waals surface area contributed by atoms with Gasteiger partial charge in [-0.15, -0.1) is 0 Å². The number of amides is 2. The first-order valence-electron chi connectivity index (χ1n) is 11.4. The van der Waals surface area contributed by atoms with Crippen LogP contribution < -0.4 is 10.6 Å². The molecule has 0 aliphatic carbocycles. The van der Waals surface area contributed by atoms with Crippen molar-refractivity contribution in [3.05, 3.63) is 70.2 Å². The summed E-state index contributed by atoms with van der Waals surface area (Å²) in [5.41, 5.74) is 5.59. The van der Waals surface area contributed by atoms with Gasteiger partial charge in [-0.1, -0.05) is 41.9 Å². The summed E-state index contributed by atoms with van der Waals surface area (Å²) < 4.78 is 2.13. The average molecular weight is 458 g/mol. The number of hydrogen-bond donors (Lipinski definition) is 2. The largest absolute Gasteiger partial charge is 0.344 e. The summed E-state index contributed by atoms with van der Waals surface area (Å²) in [4.78, 5) is 25.8. The van der Waals surface area contributed by atoms with Gasteiger partial charge in [0.15, 0.2) is 0 Å². The van der Waals surface area contributed by atoms with Crippen molar-refractivity contribution < 1.29 is 9.59 Å². The third-order valence-corrected chi connectivity index (χ3v) is 7.52. The normalized spacial score (nSPS) is 16.5. The Bertz CT molecular complexity index is 1460. The van der Waals surface area contributed by atoms with Crippen molar-refractivity contribution in [2.75, 3.05) is 13.1 Å². The van der Waals surface area contributed by atoms with E-state index in [0.29, 0.717) is 27.6 Å². The zero-order valence-electron chi connectivity index (χ0n) is 18.4. The predicted molar refractivity (Wildman–Crippen MR) is 132 cm³/mol. The molecule has 2 amide bonds. The van der Waals surface area contributed by atoms with Crippen LogP contribution in [0.2, 0.25) is 5.02 Å². The molecule has 3 aromatic carbocycles. The Morgan fingerprint density at radius 1 is 0.939 bits per heavy atom. The number of halogens is 1. The Labute approximate surface area is 196 Å². The molecule has 0 bridgehead atoms. The van der Waals surface area contributed by atoms with E-state index in [4.69, 9.17) is 11.6 Å². The van der Waals surface area contributed by atoms with Crippen LogP contribution in [0.5, 0.6) is 0 Å². The average Bonchev–Trinajstić information content (AvgIpc) is 3.27. The number of hydrogen-bond acceptors (Lipinski definition) is 3. The van der Waals surface area contributed by atoms with Crippen molar-refractivity contribution in [2.45, 2.75) is 19.3 Å². The third-order valence-electron chi connectivity index (χ3n) is 7.19. The van der Waals surface area contributed by atoms with Crippen LogP contribution >= 0.6 is 11.6 Å². The SMILES string of the molecule is Cn1c2cc(CC3CCNCC3)ccc2c2c3c(c(-c4ccccc4Cl)cc21)C(=O)NC3=O. The number of benzene rings is 3. The van der Waals surface area contributed by atoms with Gasteiger partial charge in [0.1, 0.15) is 0 Å². The second-order valence-corrected chi connectivity index (χ2v) is 9.55. The van der Waals surface area contributed by atoms with Crippen molar-refractivity contribution in [3.8, 4) is 11.1 Å². The molecule has 2 aliphatic heterocycles. The molecule has 1 fully saturated rings. The van der Waals surface area contributed by atoms with Crippen LogP contribution in [0, 0.1) is 5.92 Å². The fourth-order valence-corrected chi connectivity index (χ4v) is 5.77. The predicted octanol–water partition coefficient (Wildman–Crippen LogP) is 5.08. The number of carbonyl (C=O) groups excluding carboxylic acids is 2. The Morgan fingerprint density at radius 3 is 2.48 bits per heavy atom. The highest BCUT2D eigenvalue weighted by molar-refractivity contribution is 6.36. The number of rotatable bonds is 3. The number of fused-ring (bicyclic) bond motifs is 5. The lowest BCUT2D eigenvalue weighted by Crippen LogP contribution is -2.28. The molecule has 2 aliphatic rings. The topological polar surface area (TPSA) is 63.1 Å². The lowest BCUT2D eigenvalue weighted by atomic mass is 9.90. The molecule has 1 saturated heterocycles. The van der Waals surface area contributed by atoms with Crippen LogP contribution in [0.15, 0.2) is 48.5 Å². The van der Waals surface area contributed by atoms with Crippen molar-refractivity contribution >= 4 is 45.2 Å². The number of aryl methyl sites for hydroxylation is 1. The molecule has 0 unspecified atom stereocenters. The minimum Gasteiger partial charge on any atom is -0.344 e. The van der Waals surface area contributed by atoms with Crippen LogP contribution in [0.4, 0.5) is 0 Å². The Kier molecular flexibility index (Phi) is 4.78. The molecule has 1 aromatic heterocycles. The summed E-state index contributed by atoms with van der Waals surface area (Å²) in [6.45, 7) is 2.17. The van der Waals surface area contributed by atoms with Crippen molar-refractivity contribution in [3.63, 3.8) is 0 Å². The number of carbonyl (C=O) groups is 2. The van der Waals surface area contributed by atoms with E-state index >= 15 is 0 Å². The smallest absolute Gasteiger partial charge is 0.259 e. The highest BCUT2D eigenvalue weighted by atomic mass is 35.5. The molecule has 33 heavy (non-hydrogen) atoms. The van der Waals surface area contributed by atoms with Crippen molar-refractivity contribution in [1.82, 2.24) is 15.2 Å². The van der Waals surface area contributed by atoms with Crippen molar-refractivity contribution in [1.29, 1.82) is 0 Å². The molecule has 5 nitrogen and oxygen atoms in total. The molecule has 6 rings (SSSR count). The first-order chi connectivity index (χ1) is 16.0. The zero-order chi connectivity index (χ0) is 22.7. The molecule has 166 valence electrons. The van der Waals surface area contributed by atoms with E-state index in [-0.39, 0.29) is 11.8 Å². The first kappa shape index (κ1) is 20.5. The highest BCUT2D eigenvalue weighted by Gasteiger charge is 2.34. The maximum absolute atomic E-state index is 13.0. The van der Waals surface area contributed by atoms with E-state index in [2.05, 4.69) is 33.4 Å². The molecule has 0 radical (unpaired) electrons. The van der Waals surface area contributed by atoms with E-state index in [9.17, 15) is 9.59 Å². The number of piperidine rings is 1. The minimum atomic E-state index is -0.369. The molecule has 4 aromatic rings. The number of nitrogens with one attached hydrogen (secondary N) is 2. The number of aromatic nitrogens is 1. The number of imide groups is 1. The van der Waals surface area contributed by atoms with Crippen LogP contribution in [-0.2, 0) is 13.5 Å². The van der Waals surface area contributed by atoms with Crippen LogP contribution in [-0.4, -0.2) is 29.5 Å². The standard InChI is InChI=1S/C27H24ClN3O2/c1-31-21-13-16(12-15-8-10-29-11-9-15)6-7-18(21)23-22(31)14-19(17-4-2-3-5-20(17)28)24-25(23)27(33)30-26(24)32/h2-7,13-15,29H,8-12H2,1H3,(H,30,32,33). The van der Waals surface area contributed by atoms with Gasteiger partial charge in [0, 0.05) is 33.9 Å². The summed E-state index contributed by atoms with van der Waals surface area (Å²) in [5, 5.41) is 8.31. The van der Waals surface area contributed by atoms with Gasteiger partial charge in [0.25, 0.3) is 11.8 Å². The van der Waals surface area contributed by atoms with Gasteiger partial charge >= 0.3 is 0 Å².